The molecule has 1 aromatic rings. The number of nitriles is 1. The summed E-state index contributed by atoms with van der Waals surface area (Å²) >= 11 is 0. The summed E-state index contributed by atoms with van der Waals surface area (Å²) in [7, 11) is 0. The highest BCUT2D eigenvalue weighted by atomic mass is 16.5. The predicted molar refractivity (Wildman–Crippen MR) is 70.8 cm³/mol. The van der Waals surface area contributed by atoms with Gasteiger partial charge in [-0.05, 0) is 5.56 Å². The molecule has 20 heavy (non-hydrogen) atoms. The molecule has 1 saturated heterocycles. The highest BCUT2D eigenvalue weighted by Crippen LogP contribution is 2.24. The third kappa shape index (κ3) is 4.34. The van der Waals surface area contributed by atoms with Gasteiger partial charge in [-0.15, -0.1) is 0 Å². The molecule has 1 fully saturated rings. The highest BCUT2D eigenvalue weighted by Gasteiger charge is 2.31. The fourth-order valence-corrected chi connectivity index (χ4v) is 2.31. The van der Waals surface area contributed by atoms with Gasteiger partial charge in [-0.25, -0.2) is 0 Å². The van der Waals surface area contributed by atoms with Crippen molar-refractivity contribution in [1.29, 1.82) is 5.26 Å². The molecule has 0 unspecified atom stereocenters. The first kappa shape index (κ1) is 14.5. The van der Waals surface area contributed by atoms with Gasteiger partial charge in [0.2, 0.25) is 0 Å². The number of hydrogen-bond donors (Lipinski definition) is 1. The molecule has 2 rings (SSSR count). The lowest BCUT2D eigenvalue weighted by Gasteiger charge is -2.31. The Hall–Kier alpha value is -1.90. The van der Waals surface area contributed by atoms with E-state index >= 15 is 0 Å². The van der Waals surface area contributed by atoms with Crippen LogP contribution in [-0.4, -0.2) is 29.4 Å². The van der Waals surface area contributed by atoms with Crippen LogP contribution in [-0.2, 0) is 20.9 Å². The average Bonchev–Trinajstić information content (AvgIpc) is 2.45. The zero-order valence-electron chi connectivity index (χ0n) is 11.1. The number of carboxylic acids is 1. The van der Waals surface area contributed by atoms with Crippen LogP contribution in [0.2, 0.25) is 0 Å². The molecule has 1 aliphatic heterocycles. The van der Waals surface area contributed by atoms with E-state index in [4.69, 9.17) is 19.8 Å². The van der Waals surface area contributed by atoms with Crippen LogP contribution >= 0.6 is 0 Å². The molecule has 0 saturated carbocycles. The van der Waals surface area contributed by atoms with Crippen molar-refractivity contribution in [2.45, 2.75) is 44.2 Å². The minimum absolute atomic E-state index is 0.0939. The summed E-state index contributed by atoms with van der Waals surface area (Å²) in [5, 5.41) is 17.8. The Labute approximate surface area is 117 Å². The van der Waals surface area contributed by atoms with Gasteiger partial charge in [0, 0.05) is 12.8 Å². The van der Waals surface area contributed by atoms with Gasteiger partial charge in [0.05, 0.1) is 31.3 Å². The third-order valence-corrected chi connectivity index (χ3v) is 3.23. The number of rotatable bonds is 5. The maximum atomic E-state index is 10.7. The average molecular weight is 275 g/mol. The van der Waals surface area contributed by atoms with Gasteiger partial charge in [0.15, 0.2) is 0 Å². The normalized spacial score (nSPS) is 25.9. The number of ether oxygens (including phenoxy) is 2. The van der Waals surface area contributed by atoms with Gasteiger partial charge in [-0.2, -0.15) is 5.26 Å². The van der Waals surface area contributed by atoms with E-state index in [1.807, 2.05) is 36.4 Å². The summed E-state index contributed by atoms with van der Waals surface area (Å²) in [6.45, 7) is 0.462. The van der Waals surface area contributed by atoms with Gasteiger partial charge in [-0.1, -0.05) is 30.3 Å². The first-order chi connectivity index (χ1) is 9.67. The second-order valence-electron chi connectivity index (χ2n) is 4.86. The van der Waals surface area contributed by atoms with Crippen molar-refractivity contribution in [2.24, 2.45) is 0 Å². The molecule has 1 N–H and O–H groups in total. The molecule has 1 aromatic carbocycles. The van der Waals surface area contributed by atoms with Crippen molar-refractivity contribution in [3.05, 3.63) is 35.9 Å². The molecule has 0 radical (unpaired) electrons. The fourth-order valence-electron chi connectivity index (χ4n) is 2.31. The highest BCUT2D eigenvalue weighted by molar-refractivity contribution is 5.67. The van der Waals surface area contributed by atoms with E-state index in [0.717, 1.165) is 5.56 Å². The number of nitrogens with zero attached hydrogens (tertiary/aromatic N) is 1. The largest absolute Gasteiger partial charge is 0.481 e. The summed E-state index contributed by atoms with van der Waals surface area (Å²) in [6.07, 6.45) is -0.279. The molecule has 0 aliphatic carbocycles. The van der Waals surface area contributed by atoms with E-state index in [2.05, 4.69) is 0 Å². The number of carboxylic acid groups (broad SMARTS) is 1. The van der Waals surface area contributed by atoms with Crippen LogP contribution < -0.4 is 0 Å². The van der Waals surface area contributed by atoms with Crippen LogP contribution in [0.5, 0.6) is 0 Å². The zero-order chi connectivity index (χ0) is 14.4. The van der Waals surface area contributed by atoms with E-state index in [9.17, 15) is 4.79 Å². The quantitative estimate of drug-likeness (QED) is 0.890. The number of benzene rings is 1. The van der Waals surface area contributed by atoms with Crippen LogP contribution in [0.1, 0.15) is 24.8 Å². The first-order valence-corrected chi connectivity index (χ1v) is 6.59. The Bertz CT molecular complexity index is 482. The van der Waals surface area contributed by atoms with Crippen LogP contribution in [0.4, 0.5) is 0 Å². The number of aliphatic carboxylic acids is 1. The van der Waals surface area contributed by atoms with Gasteiger partial charge in [0.1, 0.15) is 6.10 Å². The molecule has 5 heteroatoms. The van der Waals surface area contributed by atoms with Crippen molar-refractivity contribution in [1.82, 2.24) is 0 Å². The van der Waals surface area contributed by atoms with Gasteiger partial charge < -0.3 is 14.6 Å². The number of hydrogen-bond acceptors (Lipinski definition) is 4. The van der Waals surface area contributed by atoms with Crippen molar-refractivity contribution < 1.29 is 19.4 Å². The molecule has 0 bridgehead atoms. The first-order valence-electron chi connectivity index (χ1n) is 6.59. The van der Waals surface area contributed by atoms with Crippen molar-refractivity contribution in [3.63, 3.8) is 0 Å². The molecule has 5 nitrogen and oxygen atoms in total. The Morgan fingerprint density at radius 1 is 1.40 bits per heavy atom. The summed E-state index contributed by atoms with van der Waals surface area (Å²) in [5.41, 5.74) is 1.06. The van der Waals surface area contributed by atoms with Gasteiger partial charge in [-0.3, -0.25) is 4.79 Å². The smallest absolute Gasteiger partial charge is 0.305 e. The fraction of sp³-hybridized carbons (Fsp3) is 0.467. The lowest BCUT2D eigenvalue weighted by molar-refractivity contribution is -0.146. The molecule has 0 spiro atoms. The van der Waals surface area contributed by atoms with Crippen molar-refractivity contribution in [2.75, 3.05) is 0 Å². The molecule has 0 amide bonds. The Balaban J connectivity index is 1.89. The molecule has 0 aromatic heterocycles. The molecule has 106 valence electrons. The summed E-state index contributed by atoms with van der Waals surface area (Å²) in [5.74, 6) is -0.921. The maximum Gasteiger partial charge on any atom is 0.305 e. The third-order valence-electron chi connectivity index (χ3n) is 3.23. The van der Waals surface area contributed by atoms with E-state index in [-0.39, 0.29) is 12.5 Å². The van der Waals surface area contributed by atoms with E-state index in [0.29, 0.717) is 19.4 Å². The van der Waals surface area contributed by atoms with Crippen molar-refractivity contribution in [3.8, 4) is 6.07 Å². The van der Waals surface area contributed by atoms with Crippen LogP contribution in [0.15, 0.2) is 30.3 Å². The molecule has 1 heterocycles. The predicted octanol–water partition coefficient (Wildman–Crippen LogP) is 2.12. The summed E-state index contributed by atoms with van der Waals surface area (Å²) < 4.78 is 11.2. The second kappa shape index (κ2) is 7.04. The van der Waals surface area contributed by atoms with E-state index < -0.39 is 18.2 Å². The Morgan fingerprint density at radius 2 is 2.15 bits per heavy atom. The standard InChI is InChI=1S/C15H17NO4/c16-9-14-7-12(6-13(20-14)8-15(17)18)19-10-11-4-2-1-3-5-11/h1-5,12-14H,6-8,10H2,(H,17,18)/t12-,13-,14-/m0/s1. The topological polar surface area (TPSA) is 79.5 Å². The minimum atomic E-state index is -0.921. The van der Waals surface area contributed by atoms with Crippen LogP contribution in [0.25, 0.3) is 0 Å². The lowest BCUT2D eigenvalue weighted by Crippen LogP contribution is -2.37. The van der Waals surface area contributed by atoms with Gasteiger partial charge >= 0.3 is 5.97 Å². The monoisotopic (exact) mass is 275 g/mol. The van der Waals surface area contributed by atoms with E-state index in [1.54, 1.807) is 0 Å². The lowest BCUT2D eigenvalue weighted by atomic mass is 9.99. The van der Waals surface area contributed by atoms with Crippen LogP contribution in [0, 0.1) is 11.3 Å². The minimum Gasteiger partial charge on any atom is -0.481 e. The number of carbonyl (C=O) groups is 1. The second-order valence-corrected chi connectivity index (χ2v) is 4.86. The zero-order valence-corrected chi connectivity index (χ0v) is 11.1. The SMILES string of the molecule is N#C[C@@H]1C[C@@H](OCc2ccccc2)C[C@@H](CC(=O)O)O1. The van der Waals surface area contributed by atoms with Gasteiger partial charge in [0.25, 0.3) is 0 Å². The maximum absolute atomic E-state index is 10.7. The molecular weight excluding hydrogens is 258 g/mol. The van der Waals surface area contributed by atoms with Crippen molar-refractivity contribution >= 4 is 5.97 Å². The molecule has 3 atom stereocenters. The van der Waals surface area contributed by atoms with E-state index in [1.165, 1.54) is 0 Å². The Kier molecular flexibility index (Phi) is 5.10. The summed E-state index contributed by atoms with van der Waals surface area (Å²) in [6, 6.07) is 11.8. The van der Waals surface area contributed by atoms with Crippen LogP contribution in [0.3, 0.4) is 0 Å². The Morgan fingerprint density at radius 3 is 2.80 bits per heavy atom. The molecule has 1 aliphatic rings. The molecular formula is C15H17NO4. The summed E-state index contributed by atoms with van der Waals surface area (Å²) in [4.78, 5) is 10.7.